The van der Waals surface area contributed by atoms with Gasteiger partial charge in [0.05, 0.1) is 6.20 Å². The van der Waals surface area contributed by atoms with Crippen molar-refractivity contribution in [2.75, 3.05) is 0 Å². The maximum absolute atomic E-state index is 6.41. The minimum atomic E-state index is 0. The first-order valence-electron chi connectivity index (χ1n) is 18.5. The molecule has 0 aliphatic heterocycles. The summed E-state index contributed by atoms with van der Waals surface area (Å²) in [5.41, 5.74) is 10.9. The van der Waals surface area contributed by atoms with Gasteiger partial charge in [-0.05, 0) is 76.0 Å². The summed E-state index contributed by atoms with van der Waals surface area (Å²) in [6.07, 6.45) is 13.0. The van der Waals surface area contributed by atoms with Crippen LogP contribution in [0.2, 0.25) is 0 Å². The third kappa shape index (κ3) is 6.11. The Kier molecular flexibility index (Phi) is 9.62. The average molecular weight is 872 g/mol. The van der Waals surface area contributed by atoms with Crippen molar-refractivity contribution in [1.29, 1.82) is 0 Å². The number of hydrogen-bond donors (Lipinski definition) is 0. The molecule has 1 aliphatic rings. The Morgan fingerprint density at radius 3 is 2.28 bits per heavy atom. The van der Waals surface area contributed by atoms with Crippen LogP contribution in [0.15, 0.2) is 134 Å². The van der Waals surface area contributed by atoms with Gasteiger partial charge in [0.15, 0.2) is 0 Å². The zero-order valence-electron chi connectivity index (χ0n) is 30.0. The fourth-order valence-electron chi connectivity index (χ4n) is 8.26. The number of pyridine rings is 1. The number of para-hydroxylation sites is 1. The van der Waals surface area contributed by atoms with Crippen molar-refractivity contribution in [3.63, 3.8) is 0 Å². The molecule has 0 saturated carbocycles. The van der Waals surface area contributed by atoms with Crippen LogP contribution in [0, 0.1) is 12.1 Å². The molecule has 0 unspecified atom stereocenters. The Bertz CT molecular complexity index is 2540. The van der Waals surface area contributed by atoms with Gasteiger partial charge < -0.3 is 9.30 Å². The monoisotopic (exact) mass is 871 g/mol. The summed E-state index contributed by atoms with van der Waals surface area (Å²) in [6, 6.07) is 47.4. The number of rotatable bonds is 11. The van der Waals surface area contributed by atoms with Gasteiger partial charge in [-0.15, -0.1) is 35.7 Å². The van der Waals surface area contributed by atoms with Crippen LogP contribution in [0.3, 0.4) is 0 Å². The Labute approximate surface area is 325 Å². The van der Waals surface area contributed by atoms with Crippen molar-refractivity contribution >= 4 is 21.8 Å². The molecule has 9 rings (SSSR count). The third-order valence-corrected chi connectivity index (χ3v) is 10.8. The van der Waals surface area contributed by atoms with Gasteiger partial charge in [-0.2, -0.15) is 17.2 Å². The normalized spacial score (nSPS) is 12.8. The van der Waals surface area contributed by atoms with Gasteiger partial charge >= 0.3 is 21.1 Å². The molecule has 0 fully saturated rings. The molecule has 1 aliphatic carbocycles. The van der Waals surface area contributed by atoms with Gasteiger partial charge in [0.1, 0.15) is 5.82 Å². The number of aromatic nitrogens is 4. The number of hydrogen-bond acceptors (Lipinski definition) is 3. The first-order valence-corrected chi connectivity index (χ1v) is 18.5. The average Bonchev–Trinajstić information content (AvgIpc) is 3.89. The van der Waals surface area contributed by atoms with Crippen LogP contribution in [0.1, 0.15) is 63.5 Å². The molecule has 0 saturated heterocycles. The molecule has 5 aromatic carbocycles. The number of fused-ring (bicyclic) bond motifs is 6. The van der Waals surface area contributed by atoms with Gasteiger partial charge in [0, 0.05) is 40.4 Å². The summed E-state index contributed by atoms with van der Waals surface area (Å²) >= 11 is 0. The molecule has 0 bridgehead atoms. The summed E-state index contributed by atoms with van der Waals surface area (Å²) in [6.45, 7) is 4.61. The molecule has 5 nitrogen and oxygen atoms in total. The molecule has 3 heterocycles. The third-order valence-electron chi connectivity index (χ3n) is 10.8. The van der Waals surface area contributed by atoms with E-state index in [2.05, 4.69) is 115 Å². The van der Waals surface area contributed by atoms with E-state index in [1.165, 1.54) is 66.3 Å². The summed E-state index contributed by atoms with van der Waals surface area (Å²) in [5.74, 6) is 2.04. The maximum atomic E-state index is 6.41. The standard InChI is InChI=1S/C47H40N4O.Pt/c1-3-5-25-47(26-6-4-2)42-18-9-7-16-38(42)39-23-21-33(28-43(39)47)34-31-49-50(32-34)35-14-13-15-36(29-35)52-37-22-24-41-40-17-8-10-19-44(40)51(45(41)30-37)46-20-11-12-27-48-46;/h7-24,27-28,31-32H,3-6,25-26H2,1-2H3;/q-2;+2. The Hall–Kier alpha value is -5.25. The van der Waals surface area contributed by atoms with Crippen LogP contribution in [-0.4, -0.2) is 19.3 Å². The van der Waals surface area contributed by atoms with E-state index in [1.54, 1.807) is 0 Å². The largest absolute Gasteiger partial charge is 2.00 e. The zero-order chi connectivity index (χ0) is 35.1. The van der Waals surface area contributed by atoms with Crippen molar-refractivity contribution < 1.29 is 25.8 Å². The Morgan fingerprint density at radius 1 is 0.679 bits per heavy atom. The smallest absolute Gasteiger partial charge is 0.509 e. The van der Waals surface area contributed by atoms with Crippen LogP contribution in [-0.2, 0) is 26.5 Å². The van der Waals surface area contributed by atoms with Gasteiger partial charge in [-0.25, -0.2) is 4.98 Å². The van der Waals surface area contributed by atoms with Gasteiger partial charge in [-0.1, -0.05) is 106 Å². The van der Waals surface area contributed by atoms with Crippen molar-refractivity contribution in [3.05, 3.63) is 157 Å². The van der Waals surface area contributed by atoms with Gasteiger partial charge in [0.25, 0.3) is 0 Å². The Morgan fingerprint density at radius 2 is 1.45 bits per heavy atom. The van der Waals surface area contributed by atoms with Crippen LogP contribution < -0.4 is 4.74 Å². The second-order valence-corrected chi connectivity index (χ2v) is 13.9. The number of nitrogens with zero attached hydrogens (tertiary/aromatic N) is 4. The van der Waals surface area contributed by atoms with Crippen LogP contribution >= 0.6 is 0 Å². The topological polar surface area (TPSA) is 44.9 Å². The van der Waals surface area contributed by atoms with E-state index in [0.717, 1.165) is 38.9 Å². The predicted molar refractivity (Wildman–Crippen MR) is 211 cm³/mol. The molecule has 53 heavy (non-hydrogen) atoms. The van der Waals surface area contributed by atoms with Crippen LogP contribution in [0.25, 0.3) is 55.6 Å². The van der Waals surface area contributed by atoms with E-state index in [4.69, 9.17) is 9.84 Å². The van der Waals surface area contributed by atoms with Crippen LogP contribution in [0.4, 0.5) is 0 Å². The van der Waals surface area contributed by atoms with Crippen molar-refractivity contribution in [2.45, 2.75) is 57.8 Å². The molecular formula is C47H40N4OPt. The zero-order valence-corrected chi connectivity index (χ0v) is 32.2. The van der Waals surface area contributed by atoms with Crippen molar-refractivity contribution in [1.82, 2.24) is 19.3 Å². The van der Waals surface area contributed by atoms with E-state index in [-0.39, 0.29) is 26.5 Å². The molecule has 0 amide bonds. The quantitative estimate of drug-likeness (QED) is 0.122. The first-order chi connectivity index (χ1) is 25.7. The maximum Gasteiger partial charge on any atom is 2.00 e. The van der Waals surface area contributed by atoms with E-state index in [1.807, 2.05) is 59.5 Å². The van der Waals surface area contributed by atoms with Crippen LogP contribution in [0.5, 0.6) is 11.5 Å². The summed E-state index contributed by atoms with van der Waals surface area (Å²) < 4.78 is 10.4. The first kappa shape index (κ1) is 34.8. The molecule has 0 radical (unpaired) electrons. The van der Waals surface area contributed by atoms with Crippen molar-refractivity contribution in [2.24, 2.45) is 0 Å². The Balaban J connectivity index is 0.00000400. The summed E-state index contributed by atoms with van der Waals surface area (Å²) in [4.78, 5) is 4.65. The minimum Gasteiger partial charge on any atom is -0.509 e. The molecule has 0 N–H and O–H groups in total. The van der Waals surface area contributed by atoms with Gasteiger partial charge in [0.2, 0.25) is 0 Å². The van der Waals surface area contributed by atoms with E-state index in [9.17, 15) is 0 Å². The fraction of sp³-hybridized carbons (Fsp3) is 0.191. The van der Waals surface area contributed by atoms with E-state index in [0.29, 0.717) is 11.5 Å². The fourth-order valence-corrected chi connectivity index (χ4v) is 8.26. The molecule has 0 atom stereocenters. The molecule has 8 aromatic rings. The summed E-state index contributed by atoms with van der Waals surface area (Å²) in [7, 11) is 0. The number of unbranched alkanes of at least 4 members (excludes halogenated alkanes) is 2. The number of benzene rings is 5. The minimum absolute atomic E-state index is 0. The van der Waals surface area contributed by atoms with E-state index < -0.39 is 0 Å². The van der Waals surface area contributed by atoms with Gasteiger partial charge in [-0.3, -0.25) is 4.68 Å². The summed E-state index contributed by atoms with van der Waals surface area (Å²) in [5, 5.41) is 7.05. The predicted octanol–water partition coefficient (Wildman–Crippen LogP) is 12.1. The van der Waals surface area contributed by atoms with Crippen molar-refractivity contribution in [3.8, 4) is 45.3 Å². The SMILES string of the molecule is CCCCC1(CCCC)c2ccccc2-c2ccc(-c3cnn(-c4[c-]c(Oc5[c-]c6c(cc5)c5ccccc5n6-c5ccccn5)ccc4)c3)cc21.[Pt+2]. The molecular weight excluding hydrogens is 832 g/mol. The second kappa shape index (κ2) is 14.6. The molecule has 0 spiro atoms. The molecule has 264 valence electrons. The van der Waals surface area contributed by atoms with E-state index >= 15 is 0 Å². The molecule has 3 aromatic heterocycles. The molecule has 6 heteroatoms. The second-order valence-electron chi connectivity index (χ2n) is 13.9. The number of ether oxygens (including phenoxy) is 1.